The maximum absolute atomic E-state index is 12.8. The zero-order valence-corrected chi connectivity index (χ0v) is 10.8. The third-order valence-corrected chi connectivity index (χ3v) is 3.80. The van der Waals surface area contributed by atoms with Crippen molar-refractivity contribution in [3.8, 4) is 0 Å². The highest BCUT2D eigenvalue weighted by Gasteiger charge is 2.19. The third kappa shape index (κ3) is 3.68. The molecule has 17 heavy (non-hydrogen) atoms. The lowest BCUT2D eigenvalue weighted by Crippen LogP contribution is -2.33. The molecule has 0 bridgehead atoms. The molecule has 1 aliphatic heterocycles. The molecule has 1 nitrogen and oxygen atoms in total. The molecular weight excluding hydrogens is 237 g/mol. The summed E-state index contributed by atoms with van der Waals surface area (Å²) in [6.07, 6.45) is 3.42. The first-order valence-electron chi connectivity index (χ1n) is 6.33. The molecule has 1 heterocycles. The molecule has 1 fully saturated rings. The van der Waals surface area contributed by atoms with Crippen LogP contribution in [-0.2, 0) is 0 Å². The lowest BCUT2D eigenvalue weighted by Gasteiger charge is -2.32. The van der Waals surface area contributed by atoms with Crippen LogP contribution in [0.5, 0.6) is 0 Å². The molecule has 0 atom stereocenters. The Morgan fingerprint density at radius 1 is 1.18 bits per heavy atom. The number of hydrogen-bond donors (Lipinski definition) is 0. The molecule has 0 amide bonds. The van der Waals surface area contributed by atoms with Crippen molar-refractivity contribution in [2.45, 2.75) is 25.2 Å². The lowest BCUT2D eigenvalue weighted by atomic mass is 9.89. The molecule has 1 aliphatic rings. The largest absolute Gasteiger partial charge is 0.303 e. The molecule has 0 N–H and O–H groups in total. The quantitative estimate of drug-likeness (QED) is 0.743. The van der Waals surface area contributed by atoms with Crippen LogP contribution >= 0.6 is 11.6 Å². The minimum atomic E-state index is -0.145. The molecule has 94 valence electrons. The van der Waals surface area contributed by atoms with Gasteiger partial charge in [0.05, 0.1) is 0 Å². The van der Waals surface area contributed by atoms with Gasteiger partial charge in [-0.25, -0.2) is 4.39 Å². The van der Waals surface area contributed by atoms with Crippen LogP contribution < -0.4 is 0 Å². The maximum atomic E-state index is 12.8. The Kier molecular flexibility index (Phi) is 4.81. The van der Waals surface area contributed by atoms with Crippen molar-refractivity contribution in [3.05, 3.63) is 35.6 Å². The van der Waals surface area contributed by atoms with Gasteiger partial charge in [-0.05, 0) is 62.5 Å². The van der Waals surface area contributed by atoms with Gasteiger partial charge in [0.15, 0.2) is 0 Å². The highest BCUT2D eigenvalue weighted by Crippen LogP contribution is 2.27. The smallest absolute Gasteiger partial charge is 0.123 e. The average Bonchev–Trinajstić information content (AvgIpc) is 2.38. The number of hydrogen-bond acceptors (Lipinski definition) is 1. The van der Waals surface area contributed by atoms with Gasteiger partial charge in [0, 0.05) is 5.88 Å². The zero-order valence-electron chi connectivity index (χ0n) is 10.0. The Morgan fingerprint density at radius 3 is 2.41 bits per heavy atom. The number of benzene rings is 1. The summed E-state index contributed by atoms with van der Waals surface area (Å²) < 4.78 is 12.8. The first kappa shape index (κ1) is 12.8. The van der Waals surface area contributed by atoms with Crippen LogP contribution in [0.2, 0.25) is 0 Å². The van der Waals surface area contributed by atoms with E-state index >= 15 is 0 Å². The Labute approximate surface area is 108 Å². The van der Waals surface area contributed by atoms with Gasteiger partial charge in [-0.15, -0.1) is 11.6 Å². The second-order valence-corrected chi connectivity index (χ2v) is 5.09. The molecule has 1 aromatic carbocycles. The van der Waals surface area contributed by atoms with E-state index in [0.717, 1.165) is 31.9 Å². The predicted molar refractivity (Wildman–Crippen MR) is 70.2 cm³/mol. The van der Waals surface area contributed by atoms with Gasteiger partial charge in [0.25, 0.3) is 0 Å². The lowest BCUT2D eigenvalue weighted by molar-refractivity contribution is 0.213. The molecule has 0 spiro atoms. The van der Waals surface area contributed by atoms with E-state index in [0.29, 0.717) is 5.92 Å². The first-order chi connectivity index (χ1) is 8.29. The average molecular weight is 256 g/mol. The van der Waals surface area contributed by atoms with Crippen LogP contribution in [0.25, 0.3) is 0 Å². The summed E-state index contributed by atoms with van der Waals surface area (Å²) >= 11 is 5.70. The first-order valence-corrected chi connectivity index (χ1v) is 6.87. The van der Waals surface area contributed by atoms with E-state index in [1.54, 1.807) is 12.1 Å². The van der Waals surface area contributed by atoms with Gasteiger partial charge in [-0.1, -0.05) is 12.1 Å². The Hall–Kier alpha value is -0.600. The minimum absolute atomic E-state index is 0.145. The second-order valence-electron chi connectivity index (χ2n) is 4.71. The summed E-state index contributed by atoms with van der Waals surface area (Å²) in [6, 6.07) is 6.98. The van der Waals surface area contributed by atoms with Crippen molar-refractivity contribution in [2.75, 3.05) is 25.5 Å². The number of piperidine rings is 1. The third-order valence-electron chi connectivity index (χ3n) is 3.54. The van der Waals surface area contributed by atoms with Crippen LogP contribution in [0.3, 0.4) is 0 Å². The summed E-state index contributed by atoms with van der Waals surface area (Å²) in [4.78, 5) is 2.47. The van der Waals surface area contributed by atoms with Crippen molar-refractivity contribution in [1.29, 1.82) is 0 Å². The summed E-state index contributed by atoms with van der Waals surface area (Å²) in [5.74, 6) is 1.20. The standard InChI is InChI=1S/C14H19ClFN/c15-8-1-9-17-10-6-13(7-11-17)12-2-4-14(16)5-3-12/h2-5,13H,1,6-11H2. The molecule has 0 aromatic heterocycles. The van der Waals surface area contributed by atoms with Crippen LogP contribution in [0.1, 0.15) is 30.7 Å². The molecule has 2 rings (SSSR count). The normalized spacial score (nSPS) is 18.5. The monoisotopic (exact) mass is 255 g/mol. The fraction of sp³-hybridized carbons (Fsp3) is 0.571. The maximum Gasteiger partial charge on any atom is 0.123 e. The van der Waals surface area contributed by atoms with Crippen molar-refractivity contribution < 1.29 is 4.39 Å². The van der Waals surface area contributed by atoms with E-state index < -0.39 is 0 Å². The molecule has 0 aliphatic carbocycles. The van der Waals surface area contributed by atoms with Gasteiger partial charge in [-0.2, -0.15) is 0 Å². The number of rotatable bonds is 4. The second kappa shape index (κ2) is 6.36. The van der Waals surface area contributed by atoms with Gasteiger partial charge in [0.1, 0.15) is 5.82 Å². The molecule has 0 saturated carbocycles. The number of alkyl halides is 1. The number of likely N-dealkylation sites (tertiary alicyclic amines) is 1. The van der Waals surface area contributed by atoms with Crippen LogP contribution in [0.15, 0.2) is 24.3 Å². The molecule has 3 heteroatoms. The van der Waals surface area contributed by atoms with E-state index in [9.17, 15) is 4.39 Å². The van der Waals surface area contributed by atoms with E-state index in [4.69, 9.17) is 11.6 Å². The topological polar surface area (TPSA) is 3.24 Å². The van der Waals surface area contributed by atoms with E-state index in [1.807, 2.05) is 12.1 Å². The van der Waals surface area contributed by atoms with Gasteiger partial charge < -0.3 is 4.90 Å². The molecule has 0 unspecified atom stereocenters. The fourth-order valence-corrected chi connectivity index (χ4v) is 2.63. The number of halogens is 2. The minimum Gasteiger partial charge on any atom is -0.303 e. The summed E-state index contributed by atoms with van der Waals surface area (Å²) in [6.45, 7) is 3.39. The van der Waals surface area contributed by atoms with Gasteiger partial charge in [0.2, 0.25) is 0 Å². The highest BCUT2D eigenvalue weighted by molar-refractivity contribution is 6.17. The Morgan fingerprint density at radius 2 is 1.82 bits per heavy atom. The van der Waals surface area contributed by atoms with Crippen LogP contribution in [0, 0.1) is 5.82 Å². The predicted octanol–water partition coefficient (Wildman–Crippen LogP) is 3.63. The number of nitrogens with zero attached hydrogens (tertiary/aromatic N) is 1. The summed E-state index contributed by atoms with van der Waals surface area (Å²) in [7, 11) is 0. The molecular formula is C14H19ClFN. The SMILES string of the molecule is Fc1ccc(C2CCN(CCCCl)CC2)cc1. The van der Waals surface area contributed by atoms with E-state index in [1.165, 1.54) is 18.4 Å². The highest BCUT2D eigenvalue weighted by atomic mass is 35.5. The van der Waals surface area contributed by atoms with Crippen LogP contribution in [0.4, 0.5) is 4.39 Å². The van der Waals surface area contributed by atoms with Crippen molar-refractivity contribution >= 4 is 11.6 Å². The molecule has 1 saturated heterocycles. The Balaban J connectivity index is 1.84. The van der Waals surface area contributed by atoms with E-state index in [-0.39, 0.29) is 5.82 Å². The molecule has 1 aromatic rings. The van der Waals surface area contributed by atoms with Gasteiger partial charge in [-0.3, -0.25) is 0 Å². The zero-order chi connectivity index (χ0) is 12.1. The van der Waals surface area contributed by atoms with Crippen molar-refractivity contribution in [2.24, 2.45) is 0 Å². The molecule has 0 radical (unpaired) electrons. The summed E-state index contributed by atoms with van der Waals surface area (Å²) in [5, 5.41) is 0. The van der Waals surface area contributed by atoms with Gasteiger partial charge >= 0.3 is 0 Å². The summed E-state index contributed by atoms with van der Waals surface area (Å²) in [5.41, 5.74) is 1.28. The fourth-order valence-electron chi connectivity index (χ4n) is 2.51. The van der Waals surface area contributed by atoms with Crippen LogP contribution in [-0.4, -0.2) is 30.4 Å². The Bertz CT molecular complexity index is 331. The van der Waals surface area contributed by atoms with Crippen molar-refractivity contribution in [1.82, 2.24) is 4.90 Å². The van der Waals surface area contributed by atoms with E-state index in [2.05, 4.69) is 4.90 Å². The van der Waals surface area contributed by atoms with Crippen molar-refractivity contribution in [3.63, 3.8) is 0 Å².